The maximum Gasteiger partial charge on any atom is 0.122 e. The van der Waals surface area contributed by atoms with Crippen LogP contribution in [0.3, 0.4) is 0 Å². The van der Waals surface area contributed by atoms with Crippen LogP contribution in [-0.4, -0.2) is 32.6 Å². The number of nitrogens with one attached hydrogen (secondary N) is 1. The lowest BCUT2D eigenvalue weighted by Crippen LogP contribution is -2.36. The van der Waals surface area contributed by atoms with Gasteiger partial charge >= 0.3 is 0 Å². The zero-order chi connectivity index (χ0) is 5.82. The molecule has 0 aromatic carbocycles. The summed E-state index contributed by atoms with van der Waals surface area (Å²) < 4.78 is 5.08. The van der Waals surface area contributed by atoms with Crippen LogP contribution in [0.4, 0.5) is 0 Å². The molecule has 1 aliphatic rings. The Morgan fingerprint density at radius 2 is 2.62 bits per heavy atom. The normalized spacial score (nSPS) is 25.4. The van der Waals surface area contributed by atoms with Gasteiger partial charge in [0, 0.05) is 13.6 Å². The highest BCUT2D eigenvalue weighted by atomic mass is 16.5. The van der Waals surface area contributed by atoms with Crippen LogP contribution in [0.5, 0.6) is 0 Å². The van der Waals surface area contributed by atoms with E-state index in [0.717, 1.165) is 19.0 Å². The van der Waals surface area contributed by atoms with E-state index in [1.54, 1.807) is 7.05 Å². The van der Waals surface area contributed by atoms with Gasteiger partial charge in [-0.3, -0.25) is 4.99 Å². The number of amidine groups is 1. The minimum atomic E-state index is 0.649. The summed E-state index contributed by atoms with van der Waals surface area (Å²) in [6, 6.07) is 0. The average Bonchev–Trinajstić information content (AvgIpc) is 1.90. The lowest BCUT2D eigenvalue weighted by molar-refractivity contribution is 0.159. The predicted octanol–water partition coefficient (Wildman–Crippen LogP) is -0.366. The van der Waals surface area contributed by atoms with E-state index in [9.17, 15) is 0 Å². The van der Waals surface area contributed by atoms with Gasteiger partial charge in [0.15, 0.2) is 0 Å². The molecule has 1 aliphatic heterocycles. The summed E-state index contributed by atoms with van der Waals surface area (Å²) in [5, 5.41) is 3.09. The molecule has 0 bridgehead atoms. The molecular weight excluding hydrogens is 104 g/mol. The molecule has 0 radical (unpaired) electrons. The topological polar surface area (TPSA) is 33.6 Å². The highest BCUT2D eigenvalue weighted by molar-refractivity contribution is 5.83. The summed E-state index contributed by atoms with van der Waals surface area (Å²) in [5.41, 5.74) is 0. The quantitative estimate of drug-likeness (QED) is 0.466. The molecule has 0 saturated carbocycles. The van der Waals surface area contributed by atoms with Gasteiger partial charge in [-0.1, -0.05) is 0 Å². The van der Waals surface area contributed by atoms with Crippen LogP contribution in [0.2, 0.25) is 0 Å². The van der Waals surface area contributed by atoms with E-state index in [2.05, 4.69) is 10.3 Å². The van der Waals surface area contributed by atoms with Gasteiger partial charge < -0.3 is 10.1 Å². The lowest BCUT2D eigenvalue weighted by Gasteiger charge is -2.14. The van der Waals surface area contributed by atoms with Gasteiger partial charge in [-0.05, 0) is 0 Å². The van der Waals surface area contributed by atoms with Crippen molar-refractivity contribution in [2.75, 3.05) is 26.8 Å². The fourth-order valence-electron chi connectivity index (χ4n) is 0.631. The van der Waals surface area contributed by atoms with Crippen molar-refractivity contribution in [3.63, 3.8) is 0 Å². The maximum atomic E-state index is 5.08. The molecule has 1 heterocycles. The zero-order valence-corrected chi connectivity index (χ0v) is 4.98. The van der Waals surface area contributed by atoms with Crippen LogP contribution in [0.25, 0.3) is 0 Å². The molecule has 1 saturated heterocycles. The zero-order valence-electron chi connectivity index (χ0n) is 4.98. The number of ether oxygens (including phenoxy) is 1. The summed E-state index contributed by atoms with van der Waals surface area (Å²) >= 11 is 0. The molecule has 0 aromatic rings. The van der Waals surface area contributed by atoms with E-state index in [1.165, 1.54) is 0 Å². The van der Waals surface area contributed by atoms with Crippen molar-refractivity contribution in [2.24, 2.45) is 4.99 Å². The molecule has 0 spiro atoms. The highest BCUT2D eigenvalue weighted by Crippen LogP contribution is 1.83. The fraction of sp³-hybridized carbons (Fsp3) is 0.800. The van der Waals surface area contributed by atoms with E-state index >= 15 is 0 Å². The third kappa shape index (κ3) is 1.20. The van der Waals surface area contributed by atoms with Gasteiger partial charge in [0.1, 0.15) is 12.4 Å². The fourth-order valence-corrected chi connectivity index (χ4v) is 0.631. The first-order valence-electron chi connectivity index (χ1n) is 2.71. The van der Waals surface area contributed by atoms with Crippen molar-refractivity contribution >= 4 is 5.84 Å². The molecular formula is C5H10N2O. The molecule has 0 unspecified atom stereocenters. The Hall–Kier alpha value is -0.570. The summed E-state index contributed by atoms with van der Waals surface area (Å²) in [4.78, 5) is 3.93. The van der Waals surface area contributed by atoms with Gasteiger partial charge in [-0.25, -0.2) is 0 Å². The first-order chi connectivity index (χ1) is 3.93. The molecule has 1 rings (SSSR count). The summed E-state index contributed by atoms with van der Waals surface area (Å²) in [5.74, 6) is 0.955. The van der Waals surface area contributed by atoms with Gasteiger partial charge in [0.25, 0.3) is 0 Å². The van der Waals surface area contributed by atoms with Crippen LogP contribution in [0.15, 0.2) is 4.99 Å². The first-order valence-corrected chi connectivity index (χ1v) is 2.71. The van der Waals surface area contributed by atoms with E-state index in [0.29, 0.717) is 6.61 Å². The second-order valence-corrected chi connectivity index (χ2v) is 1.65. The van der Waals surface area contributed by atoms with E-state index < -0.39 is 0 Å². The first kappa shape index (κ1) is 5.56. The van der Waals surface area contributed by atoms with Crippen molar-refractivity contribution in [2.45, 2.75) is 0 Å². The maximum absolute atomic E-state index is 5.08. The van der Waals surface area contributed by atoms with Gasteiger partial charge in [0.2, 0.25) is 0 Å². The van der Waals surface area contributed by atoms with Crippen LogP contribution in [-0.2, 0) is 4.74 Å². The largest absolute Gasteiger partial charge is 0.372 e. The van der Waals surface area contributed by atoms with E-state index in [4.69, 9.17) is 4.74 Å². The Kier molecular flexibility index (Phi) is 1.86. The van der Waals surface area contributed by atoms with Crippen LogP contribution >= 0.6 is 0 Å². The molecule has 0 aromatic heterocycles. The number of aliphatic imine (C=N–C) groups is 1. The Labute approximate surface area is 48.8 Å². The molecule has 3 heteroatoms. The lowest BCUT2D eigenvalue weighted by atomic mass is 10.5. The van der Waals surface area contributed by atoms with Gasteiger partial charge in [-0.2, -0.15) is 0 Å². The van der Waals surface area contributed by atoms with Crippen molar-refractivity contribution in [1.29, 1.82) is 0 Å². The van der Waals surface area contributed by atoms with Crippen molar-refractivity contribution in [1.82, 2.24) is 5.32 Å². The molecule has 8 heavy (non-hydrogen) atoms. The molecule has 1 N–H and O–H groups in total. The highest BCUT2D eigenvalue weighted by Gasteiger charge is 2.01. The number of hydrogen-bond donors (Lipinski definition) is 1. The number of hydrogen-bond acceptors (Lipinski definition) is 2. The Bertz CT molecular complexity index is 92.6. The molecule has 0 amide bonds. The molecule has 46 valence electrons. The third-order valence-corrected chi connectivity index (χ3v) is 1.08. The Morgan fingerprint density at radius 1 is 1.75 bits per heavy atom. The van der Waals surface area contributed by atoms with E-state index in [-0.39, 0.29) is 0 Å². The van der Waals surface area contributed by atoms with E-state index in [1.807, 2.05) is 0 Å². The monoisotopic (exact) mass is 114 g/mol. The van der Waals surface area contributed by atoms with Crippen LogP contribution in [0.1, 0.15) is 0 Å². The van der Waals surface area contributed by atoms with Gasteiger partial charge in [-0.15, -0.1) is 0 Å². The predicted molar refractivity (Wildman–Crippen MR) is 32.2 cm³/mol. The minimum Gasteiger partial charge on any atom is -0.372 e. The van der Waals surface area contributed by atoms with Crippen molar-refractivity contribution < 1.29 is 4.74 Å². The van der Waals surface area contributed by atoms with Crippen LogP contribution in [0, 0.1) is 0 Å². The van der Waals surface area contributed by atoms with Crippen LogP contribution < -0.4 is 5.32 Å². The van der Waals surface area contributed by atoms with Gasteiger partial charge in [0.05, 0.1) is 6.61 Å². The summed E-state index contributed by atoms with van der Waals surface area (Å²) in [6.45, 7) is 2.35. The smallest absolute Gasteiger partial charge is 0.122 e. The van der Waals surface area contributed by atoms with Crippen molar-refractivity contribution in [3.05, 3.63) is 0 Å². The number of morpholine rings is 1. The standard InChI is InChI=1S/C5H10N2O/c1-6-5-4-8-3-2-7-5/h2-4H2,1H3,(H,6,7). The molecule has 1 fully saturated rings. The number of rotatable bonds is 0. The SMILES string of the molecule is C/N=C1/COCCN1. The second-order valence-electron chi connectivity index (χ2n) is 1.65. The number of nitrogens with zero attached hydrogens (tertiary/aromatic N) is 1. The Morgan fingerprint density at radius 3 is 3.00 bits per heavy atom. The van der Waals surface area contributed by atoms with Crippen molar-refractivity contribution in [3.8, 4) is 0 Å². The molecule has 0 atom stereocenters. The Balaban J connectivity index is 2.33. The average molecular weight is 114 g/mol. The second kappa shape index (κ2) is 2.67. The minimum absolute atomic E-state index is 0.649. The summed E-state index contributed by atoms with van der Waals surface area (Å²) in [6.07, 6.45) is 0. The third-order valence-electron chi connectivity index (χ3n) is 1.08. The molecule has 3 nitrogen and oxygen atoms in total. The summed E-state index contributed by atoms with van der Waals surface area (Å²) in [7, 11) is 1.76. The molecule has 0 aliphatic carbocycles.